The molecule has 0 bridgehead atoms. The van der Waals surface area contributed by atoms with E-state index >= 15 is 0 Å². The molecule has 0 spiro atoms. The Bertz CT molecular complexity index is 573. The molecule has 27 heavy (non-hydrogen) atoms. The first-order chi connectivity index (χ1) is 13.0. The fourth-order valence-corrected chi connectivity index (χ4v) is 3.10. The van der Waals surface area contributed by atoms with E-state index in [0.717, 1.165) is 12.8 Å². The second kappa shape index (κ2) is 13.2. The zero-order chi connectivity index (χ0) is 20.1. The fraction of sp³-hybridized carbons (Fsp3) is 0.545. The first-order valence-electron chi connectivity index (χ1n) is 9.69. The van der Waals surface area contributed by atoms with Gasteiger partial charge in [0.2, 0.25) is 0 Å². The minimum Gasteiger partial charge on any atom is -0.481 e. The first kappa shape index (κ1) is 23.1. The molecule has 1 aliphatic rings. The summed E-state index contributed by atoms with van der Waals surface area (Å²) in [4.78, 5) is 22.6. The Morgan fingerprint density at radius 1 is 1.19 bits per heavy atom. The van der Waals surface area contributed by atoms with Crippen LogP contribution in [0.15, 0.2) is 48.6 Å². The lowest BCUT2D eigenvalue weighted by atomic mass is 9.90. The van der Waals surface area contributed by atoms with Gasteiger partial charge in [0.25, 0.3) is 0 Å². The topological polar surface area (TPSA) is 94.8 Å². The van der Waals surface area contributed by atoms with Gasteiger partial charge in [0.05, 0.1) is 12.2 Å². The van der Waals surface area contributed by atoms with Gasteiger partial charge in [0.1, 0.15) is 5.78 Å². The zero-order valence-corrected chi connectivity index (χ0v) is 16.0. The number of Topliss-reactive ketones (excluding diaryl/α,β-unsaturated/α-hetero) is 1. The average molecular weight is 376 g/mol. The largest absolute Gasteiger partial charge is 0.481 e. The number of hydrogen-bond donors (Lipinski definition) is 3. The van der Waals surface area contributed by atoms with E-state index < -0.39 is 24.1 Å². The van der Waals surface area contributed by atoms with Crippen molar-refractivity contribution in [1.29, 1.82) is 0 Å². The molecule has 0 radical (unpaired) electrons. The number of ketones is 1. The number of carboxylic acid groups (broad SMARTS) is 1. The SMILES string of the molecule is CC/C=C\C/C=C\C[C@H](O)/C=C/[C@@H]1C(=O)C[C@@H](O)[C@@H]1C/C=C\CCC(=O)O. The highest BCUT2D eigenvalue weighted by Crippen LogP contribution is 2.33. The van der Waals surface area contributed by atoms with Crippen LogP contribution in [0.3, 0.4) is 0 Å². The van der Waals surface area contributed by atoms with Crippen molar-refractivity contribution in [3.8, 4) is 0 Å². The number of hydrogen-bond acceptors (Lipinski definition) is 4. The van der Waals surface area contributed by atoms with Crippen LogP contribution in [0.25, 0.3) is 0 Å². The van der Waals surface area contributed by atoms with E-state index in [1.165, 1.54) is 0 Å². The normalized spacial score (nSPS) is 24.9. The molecule has 1 fully saturated rings. The highest BCUT2D eigenvalue weighted by atomic mass is 16.4. The fourth-order valence-electron chi connectivity index (χ4n) is 3.10. The zero-order valence-electron chi connectivity index (χ0n) is 16.0. The average Bonchev–Trinajstić information content (AvgIpc) is 2.88. The lowest BCUT2D eigenvalue weighted by Gasteiger charge is -2.16. The van der Waals surface area contributed by atoms with Crippen molar-refractivity contribution in [2.75, 3.05) is 0 Å². The third kappa shape index (κ3) is 9.50. The van der Waals surface area contributed by atoms with E-state index in [9.17, 15) is 19.8 Å². The second-order valence-corrected chi connectivity index (χ2v) is 6.84. The Balaban J connectivity index is 2.50. The second-order valence-electron chi connectivity index (χ2n) is 6.84. The Hall–Kier alpha value is -1.98. The van der Waals surface area contributed by atoms with Crippen LogP contribution < -0.4 is 0 Å². The molecule has 0 aliphatic heterocycles. The van der Waals surface area contributed by atoms with Crippen LogP contribution in [0.5, 0.6) is 0 Å². The number of carbonyl (C=O) groups excluding carboxylic acids is 1. The third-order valence-corrected chi connectivity index (χ3v) is 4.60. The summed E-state index contributed by atoms with van der Waals surface area (Å²) >= 11 is 0. The molecule has 0 unspecified atom stereocenters. The van der Waals surface area contributed by atoms with Crippen LogP contribution in [0, 0.1) is 11.8 Å². The maximum absolute atomic E-state index is 12.1. The maximum atomic E-state index is 12.1. The Kier molecular flexibility index (Phi) is 11.3. The highest BCUT2D eigenvalue weighted by Gasteiger charge is 2.39. The molecule has 0 aromatic heterocycles. The van der Waals surface area contributed by atoms with Gasteiger partial charge in [-0.3, -0.25) is 9.59 Å². The monoisotopic (exact) mass is 376 g/mol. The first-order valence-corrected chi connectivity index (χ1v) is 9.69. The van der Waals surface area contributed by atoms with Crippen LogP contribution in [-0.4, -0.2) is 39.3 Å². The van der Waals surface area contributed by atoms with E-state index in [4.69, 9.17) is 5.11 Å². The number of aliphatic hydroxyl groups is 2. The van der Waals surface area contributed by atoms with Gasteiger partial charge in [-0.2, -0.15) is 0 Å². The Morgan fingerprint density at radius 3 is 2.63 bits per heavy atom. The van der Waals surface area contributed by atoms with Gasteiger partial charge < -0.3 is 15.3 Å². The predicted octanol–water partition coefficient (Wildman–Crippen LogP) is 3.58. The smallest absolute Gasteiger partial charge is 0.303 e. The quantitative estimate of drug-likeness (QED) is 0.453. The molecule has 0 aromatic carbocycles. The van der Waals surface area contributed by atoms with Crippen molar-refractivity contribution >= 4 is 11.8 Å². The molecule has 4 atom stereocenters. The van der Waals surface area contributed by atoms with Gasteiger partial charge in [-0.05, 0) is 32.1 Å². The molecule has 150 valence electrons. The summed E-state index contributed by atoms with van der Waals surface area (Å²) in [6, 6.07) is 0. The third-order valence-electron chi connectivity index (χ3n) is 4.60. The standard InChI is InChI=1S/C22H32O5/c1-2-3-4-5-6-8-11-17(23)14-15-19-18(20(24)16-21(19)25)12-9-7-10-13-22(26)27/h3-4,6-9,14-15,17-20,23-24H,2,5,10-13,16H2,1H3,(H,26,27)/b4-3-,8-6-,9-7-,15-14+/t17-,18+,19-,20+/m0/s1. The summed E-state index contributed by atoms with van der Waals surface area (Å²) < 4.78 is 0. The summed E-state index contributed by atoms with van der Waals surface area (Å²) in [5.41, 5.74) is 0. The van der Waals surface area contributed by atoms with Crippen LogP contribution in [0.4, 0.5) is 0 Å². The Morgan fingerprint density at radius 2 is 1.93 bits per heavy atom. The Labute approximate surface area is 161 Å². The summed E-state index contributed by atoms with van der Waals surface area (Å²) in [6.07, 6.45) is 17.2. The number of allylic oxidation sites excluding steroid dienone is 6. The molecule has 1 rings (SSSR count). The van der Waals surface area contributed by atoms with Gasteiger partial charge in [-0.1, -0.05) is 55.5 Å². The van der Waals surface area contributed by atoms with Crippen molar-refractivity contribution in [3.05, 3.63) is 48.6 Å². The molecule has 1 saturated carbocycles. The maximum Gasteiger partial charge on any atom is 0.303 e. The predicted molar refractivity (Wildman–Crippen MR) is 106 cm³/mol. The molecule has 0 heterocycles. The number of carbonyl (C=O) groups is 2. The van der Waals surface area contributed by atoms with E-state index in [1.54, 1.807) is 18.2 Å². The number of carboxylic acids is 1. The number of rotatable bonds is 12. The molecule has 0 amide bonds. The van der Waals surface area contributed by atoms with E-state index in [1.807, 2.05) is 18.2 Å². The van der Waals surface area contributed by atoms with Crippen molar-refractivity contribution in [2.24, 2.45) is 11.8 Å². The lowest BCUT2D eigenvalue weighted by Crippen LogP contribution is -2.19. The van der Waals surface area contributed by atoms with Crippen LogP contribution in [0.2, 0.25) is 0 Å². The van der Waals surface area contributed by atoms with E-state index in [-0.39, 0.29) is 24.5 Å². The molecule has 5 nitrogen and oxygen atoms in total. The molecule has 0 aromatic rings. The molecular weight excluding hydrogens is 344 g/mol. The minimum absolute atomic E-state index is 0.0184. The molecular formula is C22H32O5. The van der Waals surface area contributed by atoms with Gasteiger partial charge >= 0.3 is 5.97 Å². The summed E-state index contributed by atoms with van der Waals surface area (Å²) in [7, 11) is 0. The summed E-state index contributed by atoms with van der Waals surface area (Å²) in [6.45, 7) is 2.08. The van der Waals surface area contributed by atoms with Gasteiger partial charge in [0.15, 0.2) is 0 Å². The van der Waals surface area contributed by atoms with Crippen molar-refractivity contribution < 1.29 is 24.9 Å². The summed E-state index contributed by atoms with van der Waals surface area (Å²) in [5, 5.41) is 28.8. The highest BCUT2D eigenvalue weighted by molar-refractivity contribution is 5.86. The molecule has 5 heteroatoms. The van der Waals surface area contributed by atoms with Crippen molar-refractivity contribution in [2.45, 2.75) is 64.1 Å². The van der Waals surface area contributed by atoms with Crippen molar-refractivity contribution in [1.82, 2.24) is 0 Å². The van der Waals surface area contributed by atoms with Crippen LogP contribution in [0.1, 0.15) is 51.9 Å². The van der Waals surface area contributed by atoms with Crippen LogP contribution >= 0.6 is 0 Å². The minimum atomic E-state index is -0.846. The number of aliphatic carboxylic acids is 1. The summed E-state index contributed by atoms with van der Waals surface area (Å²) in [5.74, 6) is -1.50. The molecule has 1 aliphatic carbocycles. The van der Waals surface area contributed by atoms with Gasteiger partial charge in [-0.25, -0.2) is 0 Å². The van der Waals surface area contributed by atoms with E-state index in [0.29, 0.717) is 19.3 Å². The number of aliphatic hydroxyl groups excluding tert-OH is 2. The van der Waals surface area contributed by atoms with Crippen molar-refractivity contribution in [3.63, 3.8) is 0 Å². The molecule has 0 saturated heterocycles. The van der Waals surface area contributed by atoms with Gasteiger partial charge in [-0.15, -0.1) is 0 Å². The lowest BCUT2D eigenvalue weighted by molar-refractivity contribution is -0.136. The van der Waals surface area contributed by atoms with E-state index in [2.05, 4.69) is 19.1 Å². The van der Waals surface area contributed by atoms with Gasteiger partial charge in [0, 0.05) is 24.7 Å². The van der Waals surface area contributed by atoms with Crippen LogP contribution in [-0.2, 0) is 9.59 Å². The molecule has 3 N–H and O–H groups in total.